The Labute approximate surface area is 139 Å². The van der Waals surface area contributed by atoms with Crippen LogP contribution in [0.2, 0.25) is 0 Å². The number of aromatic nitrogens is 1. The van der Waals surface area contributed by atoms with Gasteiger partial charge < -0.3 is 10.4 Å². The quantitative estimate of drug-likeness (QED) is 0.725. The predicted molar refractivity (Wildman–Crippen MR) is 90.4 cm³/mol. The molecule has 0 bridgehead atoms. The van der Waals surface area contributed by atoms with Gasteiger partial charge in [0.2, 0.25) is 0 Å². The van der Waals surface area contributed by atoms with Gasteiger partial charge in [-0.3, -0.25) is 0 Å². The largest absolute Gasteiger partial charge is 0.478 e. The third kappa shape index (κ3) is 3.83. The van der Waals surface area contributed by atoms with Gasteiger partial charge in [0.15, 0.2) is 0 Å². The number of carboxylic acids is 1. The molecule has 2 aromatic rings. The first kappa shape index (κ1) is 16.0. The predicted octanol–water partition coefficient (Wildman–Crippen LogP) is 5.17. The molecule has 0 spiro atoms. The maximum absolute atomic E-state index is 11.2. The summed E-state index contributed by atoms with van der Waals surface area (Å²) in [7, 11) is 0. The molecule has 0 aliphatic rings. The second kappa shape index (κ2) is 6.58. The first-order valence-electron chi connectivity index (χ1n) is 6.35. The van der Waals surface area contributed by atoms with Crippen molar-refractivity contribution in [3.63, 3.8) is 0 Å². The summed E-state index contributed by atoms with van der Waals surface area (Å²) in [6.07, 6.45) is 0. The summed E-state index contributed by atoms with van der Waals surface area (Å²) in [4.78, 5) is 15.7. The minimum absolute atomic E-state index is 0.146. The Bertz CT molecular complexity index is 667. The summed E-state index contributed by atoms with van der Waals surface area (Å²) < 4.78 is 1.73. The topological polar surface area (TPSA) is 62.2 Å². The molecular weight excluding hydrogens is 400 g/mol. The smallest absolute Gasteiger partial charge is 0.335 e. The van der Waals surface area contributed by atoms with Crippen molar-refractivity contribution in [3.8, 4) is 0 Å². The Morgan fingerprint density at radius 1 is 1.24 bits per heavy atom. The molecule has 110 valence electrons. The Balaban J connectivity index is 2.46. The van der Waals surface area contributed by atoms with Crippen molar-refractivity contribution in [3.05, 3.63) is 50.5 Å². The van der Waals surface area contributed by atoms with Crippen LogP contribution >= 0.6 is 31.9 Å². The number of hydrogen-bond donors (Lipinski definition) is 2. The van der Waals surface area contributed by atoms with E-state index in [0.29, 0.717) is 5.82 Å². The molecule has 2 rings (SSSR count). The van der Waals surface area contributed by atoms with Gasteiger partial charge in [0.1, 0.15) is 5.82 Å². The van der Waals surface area contributed by atoms with Gasteiger partial charge in [-0.15, -0.1) is 0 Å². The van der Waals surface area contributed by atoms with Crippen molar-refractivity contribution in [2.75, 3.05) is 5.32 Å². The first-order valence-corrected chi connectivity index (χ1v) is 7.93. The van der Waals surface area contributed by atoms with Gasteiger partial charge >= 0.3 is 5.97 Å². The van der Waals surface area contributed by atoms with E-state index in [-0.39, 0.29) is 11.5 Å². The summed E-state index contributed by atoms with van der Waals surface area (Å²) in [5.41, 5.74) is 1.77. The molecule has 0 aliphatic carbocycles. The molecule has 1 aromatic heterocycles. The summed E-state index contributed by atoms with van der Waals surface area (Å²) in [5, 5.41) is 12.4. The minimum Gasteiger partial charge on any atom is -0.478 e. The molecular formula is C15H14Br2N2O2. The first-order chi connectivity index (χ1) is 9.88. The molecule has 0 radical (unpaired) electrons. The highest BCUT2D eigenvalue weighted by atomic mass is 79.9. The van der Waals surface area contributed by atoms with E-state index in [1.807, 2.05) is 32.0 Å². The van der Waals surface area contributed by atoms with Crippen molar-refractivity contribution >= 4 is 49.3 Å². The molecule has 4 nitrogen and oxygen atoms in total. The van der Waals surface area contributed by atoms with Gasteiger partial charge in [0.05, 0.1) is 11.3 Å². The average Bonchev–Trinajstić information content (AvgIpc) is 2.42. The Morgan fingerprint density at radius 3 is 2.38 bits per heavy atom. The highest BCUT2D eigenvalue weighted by molar-refractivity contribution is 9.11. The van der Waals surface area contributed by atoms with Crippen LogP contribution in [-0.2, 0) is 0 Å². The SMILES string of the molecule is CC(C)c1cc(C(=O)O)cc(Nc2c(Br)cccc2Br)n1. The van der Waals surface area contributed by atoms with Crippen LogP contribution < -0.4 is 5.32 Å². The molecule has 21 heavy (non-hydrogen) atoms. The highest BCUT2D eigenvalue weighted by Gasteiger charge is 2.12. The fourth-order valence-corrected chi connectivity index (χ4v) is 2.98. The van der Waals surface area contributed by atoms with Crippen LogP contribution in [0.3, 0.4) is 0 Å². The standard InChI is InChI=1S/C15H14Br2N2O2/c1-8(2)12-6-9(15(20)21)7-13(18-12)19-14-10(16)4-3-5-11(14)17/h3-8H,1-2H3,(H,18,19)(H,20,21). The molecule has 0 saturated carbocycles. The maximum Gasteiger partial charge on any atom is 0.335 e. The lowest BCUT2D eigenvalue weighted by molar-refractivity contribution is 0.0696. The molecule has 0 amide bonds. The number of halogens is 2. The lowest BCUT2D eigenvalue weighted by Gasteiger charge is -2.13. The zero-order chi connectivity index (χ0) is 15.6. The van der Waals surface area contributed by atoms with E-state index in [9.17, 15) is 9.90 Å². The number of nitrogens with one attached hydrogen (secondary N) is 1. The van der Waals surface area contributed by atoms with Crippen molar-refractivity contribution in [2.24, 2.45) is 0 Å². The number of carboxylic acid groups (broad SMARTS) is 1. The van der Waals surface area contributed by atoms with Gasteiger partial charge in [-0.05, 0) is 62.0 Å². The maximum atomic E-state index is 11.2. The number of carbonyl (C=O) groups is 1. The van der Waals surface area contributed by atoms with Gasteiger partial charge in [-0.2, -0.15) is 0 Å². The second-order valence-corrected chi connectivity index (χ2v) is 6.56. The fourth-order valence-electron chi connectivity index (χ4n) is 1.78. The van der Waals surface area contributed by atoms with Gasteiger partial charge in [-0.25, -0.2) is 9.78 Å². The van der Waals surface area contributed by atoms with Crippen LogP contribution in [0.15, 0.2) is 39.3 Å². The molecule has 6 heteroatoms. The monoisotopic (exact) mass is 412 g/mol. The number of benzene rings is 1. The number of aromatic carboxylic acids is 1. The summed E-state index contributed by atoms with van der Waals surface area (Å²) in [6.45, 7) is 3.96. The van der Waals surface area contributed by atoms with E-state index in [0.717, 1.165) is 20.3 Å². The Kier molecular flexibility index (Phi) is 5.00. The average molecular weight is 414 g/mol. The molecule has 0 aliphatic heterocycles. The number of nitrogens with zero attached hydrogens (tertiary/aromatic N) is 1. The van der Waals surface area contributed by atoms with Crippen LogP contribution in [-0.4, -0.2) is 16.1 Å². The zero-order valence-corrected chi connectivity index (χ0v) is 14.7. The molecule has 0 saturated heterocycles. The van der Waals surface area contributed by atoms with E-state index >= 15 is 0 Å². The molecule has 0 fully saturated rings. The molecule has 1 aromatic carbocycles. The number of anilines is 2. The van der Waals surface area contributed by atoms with E-state index in [1.165, 1.54) is 6.07 Å². The van der Waals surface area contributed by atoms with Gasteiger partial charge in [0, 0.05) is 14.6 Å². The third-order valence-corrected chi connectivity index (χ3v) is 4.22. The van der Waals surface area contributed by atoms with E-state index in [1.54, 1.807) is 6.07 Å². The third-order valence-electron chi connectivity index (χ3n) is 2.90. The van der Waals surface area contributed by atoms with Crippen molar-refractivity contribution in [1.82, 2.24) is 4.98 Å². The number of hydrogen-bond acceptors (Lipinski definition) is 3. The van der Waals surface area contributed by atoms with Crippen molar-refractivity contribution in [2.45, 2.75) is 19.8 Å². The molecule has 1 heterocycles. The highest BCUT2D eigenvalue weighted by Crippen LogP contribution is 2.33. The van der Waals surface area contributed by atoms with E-state index < -0.39 is 5.97 Å². The van der Waals surface area contributed by atoms with Gasteiger partial charge in [0.25, 0.3) is 0 Å². The summed E-state index contributed by atoms with van der Waals surface area (Å²) >= 11 is 6.93. The molecule has 0 unspecified atom stereocenters. The lowest BCUT2D eigenvalue weighted by atomic mass is 10.1. The van der Waals surface area contributed by atoms with Crippen LogP contribution in [0.4, 0.5) is 11.5 Å². The fraction of sp³-hybridized carbons (Fsp3) is 0.200. The lowest BCUT2D eigenvalue weighted by Crippen LogP contribution is -2.05. The normalized spacial score (nSPS) is 10.7. The Hall–Kier alpha value is -1.40. The number of para-hydroxylation sites is 1. The molecule has 2 N–H and O–H groups in total. The summed E-state index contributed by atoms with van der Waals surface area (Å²) in [5.74, 6) is -0.313. The van der Waals surface area contributed by atoms with Crippen LogP contribution in [0, 0.1) is 0 Å². The minimum atomic E-state index is -0.964. The zero-order valence-electron chi connectivity index (χ0n) is 11.5. The van der Waals surface area contributed by atoms with Crippen molar-refractivity contribution in [1.29, 1.82) is 0 Å². The van der Waals surface area contributed by atoms with Crippen LogP contribution in [0.1, 0.15) is 35.8 Å². The molecule has 0 atom stereocenters. The number of rotatable bonds is 4. The number of pyridine rings is 1. The van der Waals surface area contributed by atoms with Gasteiger partial charge in [-0.1, -0.05) is 19.9 Å². The summed E-state index contributed by atoms with van der Waals surface area (Å²) in [6, 6.07) is 8.84. The van der Waals surface area contributed by atoms with Crippen molar-refractivity contribution < 1.29 is 9.90 Å². The Morgan fingerprint density at radius 2 is 1.86 bits per heavy atom. The van der Waals surface area contributed by atoms with E-state index in [4.69, 9.17) is 0 Å². The van der Waals surface area contributed by atoms with Crippen LogP contribution in [0.5, 0.6) is 0 Å². The van der Waals surface area contributed by atoms with Crippen LogP contribution in [0.25, 0.3) is 0 Å². The van der Waals surface area contributed by atoms with E-state index in [2.05, 4.69) is 42.2 Å². The second-order valence-electron chi connectivity index (χ2n) is 4.85.